The molecule has 19 heavy (non-hydrogen) atoms. The molecular formula is C14H17ClFNO2. The van der Waals surface area contributed by atoms with E-state index in [1.165, 1.54) is 18.2 Å². The molecule has 1 unspecified atom stereocenters. The van der Waals surface area contributed by atoms with Gasteiger partial charge in [0.25, 0.3) is 0 Å². The molecule has 0 saturated carbocycles. The Labute approximate surface area is 117 Å². The summed E-state index contributed by atoms with van der Waals surface area (Å²) >= 11 is 5.74. The minimum Gasteiger partial charge on any atom is -0.465 e. The van der Waals surface area contributed by atoms with Gasteiger partial charge in [0.1, 0.15) is 5.82 Å². The molecule has 5 heteroatoms. The first-order valence-electron chi connectivity index (χ1n) is 5.79. The number of benzene rings is 1. The summed E-state index contributed by atoms with van der Waals surface area (Å²) in [5.41, 5.74) is -0.501. The quantitative estimate of drug-likeness (QED) is 0.832. The van der Waals surface area contributed by atoms with E-state index in [0.717, 1.165) is 4.90 Å². The van der Waals surface area contributed by atoms with Crippen molar-refractivity contribution in [2.24, 2.45) is 0 Å². The van der Waals surface area contributed by atoms with Crippen molar-refractivity contribution < 1.29 is 14.3 Å². The van der Waals surface area contributed by atoms with E-state index < -0.39 is 23.5 Å². The third-order valence-corrected chi connectivity index (χ3v) is 3.02. The van der Waals surface area contributed by atoms with E-state index in [9.17, 15) is 14.3 Å². The second-order valence-corrected chi connectivity index (χ2v) is 5.55. The van der Waals surface area contributed by atoms with E-state index in [2.05, 4.69) is 6.58 Å². The van der Waals surface area contributed by atoms with Gasteiger partial charge in [-0.15, -0.1) is 6.58 Å². The Bertz CT molecular complexity index is 497. The average molecular weight is 286 g/mol. The lowest BCUT2D eigenvalue weighted by Gasteiger charge is -2.38. The van der Waals surface area contributed by atoms with Gasteiger partial charge in [0.05, 0.1) is 11.1 Å². The Hall–Kier alpha value is -1.55. The predicted octanol–water partition coefficient (Wildman–Crippen LogP) is 4.48. The summed E-state index contributed by atoms with van der Waals surface area (Å²) < 4.78 is 14.1. The summed E-state index contributed by atoms with van der Waals surface area (Å²) in [6.45, 7) is 8.82. The van der Waals surface area contributed by atoms with Crippen molar-refractivity contribution >= 4 is 17.7 Å². The van der Waals surface area contributed by atoms with Crippen molar-refractivity contribution in [3.8, 4) is 0 Å². The largest absolute Gasteiger partial charge is 0.465 e. The van der Waals surface area contributed by atoms with Gasteiger partial charge in [-0.05, 0) is 26.8 Å². The lowest BCUT2D eigenvalue weighted by Crippen LogP contribution is -2.46. The molecule has 0 aromatic heterocycles. The molecule has 0 heterocycles. The number of hydrogen-bond donors (Lipinski definition) is 1. The van der Waals surface area contributed by atoms with Crippen LogP contribution in [0.5, 0.6) is 0 Å². The number of carbonyl (C=O) groups is 1. The van der Waals surface area contributed by atoms with Crippen molar-refractivity contribution in [3.05, 3.63) is 47.3 Å². The van der Waals surface area contributed by atoms with Crippen LogP contribution in [0.4, 0.5) is 9.18 Å². The van der Waals surface area contributed by atoms with Gasteiger partial charge < -0.3 is 5.11 Å². The maximum atomic E-state index is 14.1. The third-order valence-electron chi connectivity index (χ3n) is 2.73. The van der Waals surface area contributed by atoms with Gasteiger partial charge in [-0.2, -0.15) is 0 Å². The van der Waals surface area contributed by atoms with Crippen LogP contribution in [0.3, 0.4) is 0 Å². The topological polar surface area (TPSA) is 40.5 Å². The molecule has 3 nitrogen and oxygen atoms in total. The molecule has 0 bridgehead atoms. The van der Waals surface area contributed by atoms with E-state index >= 15 is 0 Å². The molecule has 0 aliphatic carbocycles. The molecule has 104 valence electrons. The van der Waals surface area contributed by atoms with Crippen LogP contribution in [-0.4, -0.2) is 21.6 Å². The number of hydrogen-bond acceptors (Lipinski definition) is 1. The monoisotopic (exact) mass is 285 g/mol. The molecule has 0 aliphatic heterocycles. The van der Waals surface area contributed by atoms with Gasteiger partial charge in [-0.1, -0.05) is 29.8 Å². The molecule has 0 radical (unpaired) electrons. The minimum atomic E-state index is -1.14. The van der Waals surface area contributed by atoms with Crippen molar-refractivity contribution in [2.45, 2.75) is 32.4 Å². The highest BCUT2D eigenvalue weighted by molar-refractivity contribution is 6.30. The first-order valence-corrected chi connectivity index (χ1v) is 6.16. The average Bonchev–Trinajstić information content (AvgIpc) is 2.27. The molecule has 1 aromatic rings. The number of carboxylic acid groups (broad SMARTS) is 1. The van der Waals surface area contributed by atoms with E-state index in [0.29, 0.717) is 0 Å². The number of amides is 1. The van der Waals surface area contributed by atoms with Gasteiger partial charge in [-0.25, -0.2) is 9.18 Å². The number of nitrogens with zero attached hydrogens (tertiary/aromatic N) is 1. The van der Waals surface area contributed by atoms with Crippen LogP contribution in [0.1, 0.15) is 32.4 Å². The highest BCUT2D eigenvalue weighted by Gasteiger charge is 2.34. The van der Waals surface area contributed by atoms with E-state index in [1.54, 1.807) is 26.8 Å². The summed E-state index contributed by atoms with van der Waals surface area (Å²) in [6, 6.07) is 3.72. The SMILES string of the molecule is C=CC(c1cccc(Cl)c1F)N(C(=O)O)C(C)(C)C. The normalized spacial score (nSPS) is 12.9. The molecule has 1 amide bonds. The highest BCUT2D eigenvalue weighted by atomic mass is 35.5. The number of rotatable bonds is 3. The molecule has 1 N–H and O–H groups in total. The molecule has 1 aromatic carbocycles. The van der Waals surface area contributed by atoms with Crippen molar-refractivity contribution in [2.75, 3.05) is 0 Å². The van der Waals surface area contributed by atoms with E-state index in [4.69, 9.17) is 11.6 Å². The zero-order chi connectivity index (χ0) is 14.8. The summed E-state index contributed by atoms with van der Waals surface area (Å²) in [6.07, 6.45) is 0.255. The van der Waals surface area contributed by atoms with Crippen LogP contribution in [0.2, 0.25) is 5.02 Å². The number of halogens is 2. The fourth-order valence-corrected chi connectivity index (χ4v) is 2.13. The Morgan fingerprint density at radius 3 is 2.53 bits per heavy atom. The van der Waals surface area contributed by atoms with Crippen LogP contribution >= 0.6 is 11.6 Å². The van der Waals surface area contributed by atoms with Crippen LogP contribution in [0.25, 0.3) is 0 Å². The Kier molecular flexibility index (Phi) is 4.58. The lowest BCUT2D eigenvalue weighted by molar-refractivity contribution is 0.0822. The maximum absolute atomic E-state index is 14.1. The molecule has 0 fully saturated rings. The summed E-state index contributed by atoms with van der Waals surface area (Å²) in [5.74, 6) is -0.621. The first-order chi connectivity index (χ1) is 8.70. The Morgan fingerprint density at radius 2 is 2.11 bits per heavy atom. The van der Waals surface area contributed by atoms with Gasteiger partial charge >= 0.3 is 6.09 Å². The summed E-state index contributed by atoms with van der Waals surface area (Å²) in [4.78, 5) is 12.6. The smallest absolute Gasteiger partial charge is 0.408 e. The van der Waals surface area contributed by atoms with Crippen molar-refractivity contribution in [1.82, 2.24) is 4.90 Å². The van der Waals surface area contributed by atoms with Crippen LogP contribution in [0.15, 0.2) is 30.9 Å². The zero-order valence-electron chi connectivity index (χ0n) is 11.2. The maximum Gasteiger partial charge on any atom is 0.408 e. The first kappa shape index (κ1) is 15.5. The van der Waals surface area contributed by atoms with E-state index in [-0.39, 0.29) is 10.6 Å². The Balaban J connectivity index is 3.37. The fourth-order valence-electron chi connectivity index (χ4n) is 1.94. The van der Waals surface area contributed by atoms with Crippen molar-refractivity contribution in [3.63, 3.8) is 0 Å². The van der Waals surface area contributed by atoms with Crippen LogP contribution in [-0.2, 0) is 0 Å². The summed E-state index contributed by atoms with van der Waals surface area (Å²) in [5, 5.41) is 9.32. The second-order valence-electron chi connectivity index (χ2n) is 5.15. The van der Waals surface area contributed by atoms with Gasteiger partial charge in [0.15, 0.2) is 0 Å². The van der Waals surface area contributed by atoms with Gasteiger partial charge in [0.2, 0.25) is 0 Å². The molecule has 1 rings (SSSR count). The zero-order valence-corrected chi connectivity index (χ0v) is 11.9. The predicted molar refractivity (Wildman–Crippen MR) is 74.0 cm³/mol. The van der Waals surface area contributed by atoms with Crippen molar-refractivity contribution in [1.29, 1.82) is 0 Å². The second kappa shape index (κ2) is 5.61. The van der Waals surface area contributed by atoms with Crippen LogP contribution in [0, 0.1) is 5.82 Å². The lowest BCUT2D eigenvalue weighted by atomic mass is 9.98. The minimum absolute atomic E-state index is 0.0383. The fraction of sp³-hybridized carbons (Fsp3) is 0.357. The molecule has 0 saturated heterocycles. The molecular weight excluding hydrogens is 269 g/mol. The third kappa shape index (κ3) is 3.26. The molecule has 1 atom stereocenters. The van der Waals surface area contributed by atoms with Gasteiger partial charge in [0, 0.05) is 11.1 Å². The highest BCUT2D eigenvalue weighted by Crippen LogP contribution is 2.32. The van der Waals surface area contributed by atoms with E-state index in [1.807, 2.05) is 0 Å². The standard InChI is InChI=1S/C14H17ClFNO2/c1-5-11(17(13(18)19)14(2,3)4)9-7-6-8-10(15)12(9)16/h5-8,11H,1H2,2-4H3,(H,18,19). The summed E-state index contributed by atoms with van der Waals surface area (Å²) in [7, 11) is 0. The molecule has 0 aliphatic rings. The molecule has 0 spiro atoms. The van der Waals surface area contributed by atoms with Crippen LogP contribution < -0.4 is 0 Å². The van der Waals surface area contributed by atoms with Gasteiger partial charge in [-0.3, -0.25) is 4.90 Å². The Morgan fingerprint density at radius 1 is 1.53 bits per heavy atom.